The van der Waals surface area contributed by atoms with Crippen molar-refractivity contribution in [1.82, 2.24) is 0 Å². The van der Waals surface area contributed by atoms with Gasteiger partial charge in [0, 0.05) is 22.2 Å². The fraction of sp³-hybridized carbons (Fsp3) is 0.0769. The SMILES string of the molecule is NCc1ccc(Cl)cc1-c1cc(Cl)c(Cl)cc1Cl. The smallest absolute Gasteiger partial charge is 0.0607 e. The topological polar surface area (TPSA) is 26.0 Å². The molecule has 2 aromatic carbocycles. The first kappa shape index (κ1) is 14.0. The van der Waals surface area contributed by atoms with Crippen molar-refractivity contribution in [3.05, 3.63) is 56.0 Å². The van der Waals surface area contributed by atoms with Crippen molar-refractivity contribution in [2.75, 3.05) is 0 Å². The molecule has 2 N–H and O–H groups in total. The van der Waals surface area contributed by atoms with Gasteiger partial charge in [-0.15, -0.1) is 0 Å². The highest BCUT2D eigenvalue weighted by Gasteiger charge is 2.11. The van der Waals surface area contributed by atoms with E-state index >= 15 is 0 Å². The molecule has 0 saturated heterocycles. The number of benzene rings is 2. The molecule has 0 aliphatic rings. The van der Waals surface area contributed by atoms with E-state index in [0.29, 0.717) is 26.6 Å². The summed E-state index contributed by atoms with van der Waals surface area (Å²) in [5, 5.41) is 1.99. The lowest BCUT2D eigenvalue weighted by Gasteiger charge is -2.11. The second kappa shape index (κ2) is 5.68. The van der Waals surface area contributed by atoms with Gasteiger partial charge in [-0.25, -0.2) is 0 Å². The van der Waals surface area contributed by atoms with Crippen LogP contribution in [-0.2, 0) is 6.54 Å². The van der Waals surface area contributed by atoms with Crippen LogP contribution in [-0.4, -0.2) is 0 Å². The first-order chi connectivity index (χ1) is 8.52. The minimum atomic E-state index is 0.392. The summed E-state index contributed by atoms with van der Waals surface area (Å²) in [4.78, 5) is 0. The highest BCUT2D eigenvalue weighted by Crippen LogP contribution is 2.37. The Morgan fingerprint density at radius 3 is 2.11 bits per heavy atom. The van der Waals surface area contributed by atoms with Crippen molar-refractivity contribution < 1.29 is 0 Å². The Hall–Kier alpha value is -0.440. The third-order valence-electron chi connectivity index (χ3n) is 2.59. The molecule has 0 heterocycles. The summed E-state index contributed by atoms with van der Waals surface area (Å²) in [7, 11) is 0. The van der Waals surface area contributed by atoms with Gasteiger partial charge in [0.05, 0.1) is 10.0 Å². The maximum Gasteiger partial charge on any atom is 0.0607 e. The van der Waals surface area contributed by atoms with E-state index in [2.05, 4.69) is 0 Å². The van der Waals surface area contributed by atoms with Gasteiger partial charge in [0.2, 0.25) is 0 Å². The molecule has 2 aromatic rings. The second-order valence-corrected chi connectivity index (χ2v) is 5.41. The van der Waals surface area contributed by atoms with E-state index in [1.807, 2.05) is 12.1 Å². The number of hydrogen-bond donors (Lipinski definition) is 1. The fourth-order valence-corrected chi connectivity index (χ4v) is 2.53. The molecule has 1 nitrogen and oxygen atoms in total. The molecule has 0 bridgehead atoms. The van der Waals surface area contributed by atoms with Crippen LogP contribution in [0.1, 0.15) is 5.56 Å². The minimum Gasteiger partial charge on any atom is -0.326 e. The first-order valence-electron chi connectivity index (χ1n) is 5.16. The molecule has 0 radical (unpaired) electrons. The predicted octanol–water partition coefficient (Wildman–Crippen LogP) is 5.43. The lowest BCUT2D eigenvalue weighted by atomic mass is 9.99. The monoisotopic (exact) mass is 319 g/mol. The van der Waals surface area contributed by atoms with Gasteiger partial charge in [-0.1, -0.05) is 52.5 Å². The maximum atomic E-state index is 6.19. The molecule has 18 heavy (non-hydrogen) atoms. The summed E-state index contributed by atoms with van der Waals surface area (Å²) >= 11 is 24.1. The maximum absolute atomic E-state index is 6.19. The largest absolute Gasteiger partial charge is 0.326 e. The van der Waals surface area contributed by atoms with Crippen LogP contribution < -0.4 is 5.73 Å². The summed E-state index contributed by atoms with van der Waals surface area (Å²) in [6.07, 6.45) is 0. The van der Waals surface area contributed by atoms with Gasteiger partial charge in [-0.05, 0) is 35.4 Å². The van der Waals surface area contributed by atoms with E-state index in [1.165, 1.54) is 0 Å². The van der Waals surface area contributed by atoms with Crippen LogP contribution in [0, 0.1) is 0 Å². The molecule has 0 aliphatic carbocycles. The second-order valence-electron chi connectivity index (χ2n) is 3.75. The van der Waals surface area contributed by atoms with Crippen LogP contribution in [0.2, 0.25) is 20.1 Å². The zero-order valence-electron chi connectivity index (χ0n) is 9.18. The molecular formula is C13H9Cl4N. The molecule has 0 aromatic heterocycles. The predicted molar refractivity (Wildman–Crippen MR) is 79.8 cm³/mol. The average Bonchev–Trinajstić information content (AvgIpc) is 2.34. The third kappa shape index (κ3) is 2.76. The molecule has 94 valence electrons. The van der Waals surface area contributed by atoms with Crippen molar-refractivity contribution in [1.29, 1.82) is 0 Å². The van der Waals surface area contributed by atoms with Crippen LogP contribution in [0.4, 0.5) is 0 Å². The fourth-order valence-electron chi connectivity index (χ4n) is 1.71. The Labute approximate surface area is 125 Å². The third-order valence-corrected chi connectivity index (χ3v) is 3.86. The Balaban J connectivity index is 2.68. The lowest BCUT2D eigenvalue weighted by Crippen LogP contribution is -1.99. The molecule has 0 saturated carbocycles. The zero-order chi connectivity index (χ0) is 13.3. The molecule has 0 atom stereocenters. The van der Waals surface area contributed by atoms with Crippen LogP contribution in [0.25, 0.3) is 11.1 Å². The highest BCUT2D eigenvalue weighted by molar-refractivity contribution is 6.44. The van der Waals surface area contributed by atoms with E-state index in [1.54, 1.807) is 18.2 Å². The van der Waals surface area contributed by atoms with Crippen molar-refractivity contribution in [3.8, 4) is 11.1 Å². The minimum absolute atomic E-state index is 0.392. The Kier molecular flexibility index (Phi) is 4.41. The Morgan fingerprint density at radius 1 is 0.778 bits per heavy atom. The normalized spacial score (nSPS) is 10.7. The summed E-state index contributed by atoms with van der Waals surface area (Å²) in [6, 6.07) is 8.81. The van der Waals surface area contributed by atoms with Crippen molar-refractivity contribution >= 4 is 46.4 Å². The first-order valence-corrected chi connectivity index (χ1v) is 6.67. The van der Waals surface area contributed by atoms with Crippen LogP contribution >= 0.6 is 46.4 Å². The Bertz CT molecular complexity index is 596. The van der Waals surface area contributed by atoms with Gasteiger partial charge in [0.15, 0.2) is 0 Å². The quantitative estimate of drug-likeness (QED) is 0.734. The average molecular weight is 321 g/mol. The van der Waals surface area contributed by atoms with Crippen LogP contribution in [0.5, 0.6) is 0 Å². The molecule has 0 unspecified atom stereocenters. The lowest BCUT2D eigenvalue weighted by molar-refractivity contribution is 1.07. The van der Waals surface area contributed by atoms with Gasteiger partial charge in [-0.2, -0.15) is 0 Å². The Morgan fingerprint density at radius 2 is 1.44 bits per heavy atom. The van der Waals surface area contributed by atoms with Crippen LogP contribution in [0.3, 0.4) is 0 Å². The van der Waals surface area contributed by atoms with E-state index in [0.717, 1.165) is 16.7 Å². The summed E-state index contributed by atoms with van der Waals surface area (Å²) in [6.45, 7) is 0.392. The van der Waals surface area contributed by atoms with Crippen molar-refractivity contribution in [2.24, 2.45) is 5.73 Å². The molecule has 0 spiro atoms. The van der Waals surface area contributed by atoms with E-state index in [-0.39, 0.29) is 0 Å². The number of halogens is 4. The summed E-state index contributed by atoms with van der Waals surface area (Å²) in [5.74, 6) is 0. The van der Waals surface area contributed by atoms with Crippen molar-refractivity contribution in [3.63, 3.8) is 0 Å². The van der Waals surface area contributed by atoms with E-state index < -0.39 is 0 Å². The molecular weight excluding hydrogens is 312 g/mol. The molecule has 0 aliphatic heterocycles. The zero-order valence-corrected chi connectivity index (χ0v) is 12.2. The number of hydrogen-bond acceptors (Lipinski definition) is 1. The highest BCUT2D eigenvalue weighted by atomic mass is 35.5. The molecule has 2 rings (SSSR count). The van der Waals surface area contributed by atoms with Gasteiger partial charge < -0.3 is 5.73 Å². The van der Waals surface area contributed by atoms with Gasteiger partial charge >= 0.3 is 0 Å². The van der Waals surface area contributed by atoms with Crippen molar-refractivity contribution in [2.45, 2.75) is 6.54 Å². The molecule has 5 heteroatoms. The standard InChI is InChI=1S/C13H9Cl4N/c14-8-2-1-7(6-18)9(3-8)10-4-12(16)13(17)5-11(10)15/h1-5H,6,18H2. The van der Waals surface area contributed by atoms with Gasteiger partial charge in [-0.3, -0.25) is 0 Å². The summed E-state index contributed by atoms with van der Waals surface area (Å²) < 4.78 is 0. The van der Waals surface area contributed by atoms with Gasteiger partial charge in [0.1, 0.15) is 0 Å². The van der Waals surface area contributed by atoms with E-state index in [4.69, 9.17) is 52.1 Å². The molecule has 0 fully saturated rings. The van der Waals surface area contributed by atoms with E-state index in [9.17, 15) is 0 Å². The van der Waals surface area contributed by atoms with Gasteiger partial charge in [0.25, 0.3) is 0 Å². The van der Waals surface area contributed by atoms with Crippen LogP contribution in [0.15, 0.2) is 30.3 Å². The summed E-state index contributed by atoms with van der Waals surface area (Å²) in [5.41, 5.74) is 8.30. The number of rotatable bonds is 2. The number of nitrogens with two attached hydrogens (primary N) is 1. The molecule has 0 amide bonds.